The Kier molecular flexibility index (Phi) is 3.30. The maximum Gasteiger partial charge on any atom is 0.179 e. The highest BCUT2D eigenvalue weighted by molar-refractivity contribution is 7.91. The van der Waals surface area contributed by atoms with Gasteiger partial charge in [0.1, 0.15) is 0 Å². The SMILES string of the molecule is NCCS(=O)(=O)c1cccc(Cl)c1. The van der Waals surface area contributed by atoms with Gasteiger partial charge in [0.2, 0.25) is 0 Å². The minimum Gasteiger partial charge on any atom is -0.329 e. The van der Waals surface area contributed by atoms with E-state index in [0.717, 1.165) is 0 Å². The van der Waals surface area contributed by atoms with E-state index in [4.69, 9.17) is 17.3 Å². The molecule has 0 aromatic heterocycles. The van der Waals surface area contributed by atoms with Crippen molar-refractivity contribution in [3.63, 3.8) is 0 Å². The van der Waals surface area contributed by atoms with Crippen LogP contribution in [0.1, 0.15) is 0 Å². The van der Waals surface area contributed by atoms with Gasteiger partial charge in [-0.15, -0.1) is 0 Å². The lowest BCUT2D eigenvalue weighted by Crippen LogP contribution is -2.15. The summed E-state index contributed by atoms with van der Waals surface area (Å²) in [5, 5.41) is 0.415. The number of rotatable bonds is 3. The molecule has 0 aliphatic rings. The molecule has 2 N–H and O–H groups in total. The number of nitrogens with two attached hydrogens (primary N) is 1. The predicted octanol–water partition coefficient (Wildman–Crippen LogP) is 1.07. The van der Waals surface area contributed by atoms with E-state index in [9.17, 15) is 8.42 Å². The van der Waals surface area contributed by atoms with Gasteiger partial charge in [-0.3, -0.25) is 0 Å². The van der Waals surface area contributed by atoms with Crippen LogP contribution < -0.4 is 5.73 Å². The Labute approximate surface area is 82.4 Å². The standard InChI is InChI=1S/C8H10ClNO2S/c9-7-2-1-3-8(6-7)13(11,12)5-4-10/h1-3,6H,4-5,10H2. The molecule has 0 heterocycles. The molecule has 13 heavy (non-hydrogen) atoms. The van der Waals surface area contributed by atoms with E-state index in [1.807, 2.05) is 0 Å². The van der Waals surface area contributed by atoms with Crippen LogP contribution in [-0.2, 0) is 9.84 Å². The fourth-order valence-electron chi connectivity index (χ4n) is 0.933. The number of hydrogen-bond acceptors (Lipinski definition) is 3. The zero-order chi connectivity index (χ0) is 9.90. The monoisotopic (exact) mass is 219 g/mol. The van der Waals surface area contributed by atoms with Gasteiger partial charge in [0.05, 0.1) is 10.6 Å². The molecule has 0 radical (unpaired) electrons. The van der Waals surface area contributed by atoms with E-state index < -0.39 is 9.84 Å². The first kappa shape index (κ1) is 10.5. The zero-order valence-electron chi connectivity index (χ0n) is 6.90. The summed E-state index contributed by atoms with van der Waals surface area (Å²) in [7, 11) is -3.24. The Bertz CT molecular complexity index is 389. The molecule has 0 unspecified atom stereocenters. The largest absolute Gasteiger partial charge is 0.329 e. The average Bonchev–Trinajstić information content (AvgIpc) is 2.04. The molecule has 0 aliphatic carbocycles. The third kappa shape index (κ3) is 2.69. The minimum absolute atomic E-state index is 0.0483. The third-order valence-electron chi connectivity index (χ3n) is 1.54. The molecule has 0 amide bonds. The summed E-state index contributed by atoms with van der Waals surface area (Å²) in [4.78, 5) is 0.227. The van der Waals surface area contributed by atoms with Crippen molar-refractivity contribution in [3.8, 4) is 0 Å². The minimum atomic E-state index is -3.24. The van der Waals surface area contributed by atoms with Gasteiger partial charge in [0.15, 0.2) is 9.84 Å². The third-order valence-corrected chi connectivity index (χ3v) is 3.52. The van der Waals surface area contributed by atoms with E-state index >= 15 is 0 Å². The van der Waals surface area contributed by atoms with Crippen molar-refractivity contribution in [1.82, 2.24) is 0 Å². The molecular formula is C8H10ClNO2S. The lowest BCUT2D eigenvalue weighted by atomic mass is 10.4. The average molecular weight is 220 g/mol. The summed E-state index contributed by atoms with van der Waals surface area (Å²) < 4.78 is 22.9. The van der Waals surface area contributed by atoms with Gasteiger partial charge in [-0.25, -0.2) is 8.42 Å². The van der Waals surface area contributed by atoms with Crippen LogP contribution in [0.3, 0.4) is 0 Å². The van der Waals surface area contributed by atoms with Crippen molar-refractivity contribution in [1.29, 1.82) is 0 Å². The van der Waals surface area contributed by atoms with Gasteiger partial charge < -0.3 is 5.73 Å². The van der Waals surface area contributed by atoms with Gasteiger partial charge in [0.25, 0.3) is 0 Å². The predicted molar refractivity (Wildman–Crippen MR) is 52.6 cm³/mol. The van der Waals surface area contributed by atoms with Crippen LogP contribution in [0.2, 0.25) is 5.02 Å². The van der Waals surface area contributed by atoms with Gasteiger partial charge in [-0.1, -0.05) is 17.7 Å². The lowest BCUT2D eigenvalue weighted by Gasteiger charge is -2.02. The van der Waals surface area contributed by atoms with Crippen molar-refractivity contribution in [2.24, 2.45) is 5.73 Å². The van der Waals surface area contributed by atoms with Crippen LogP contribution in [0.15, 0.2) is 29.2 Å². The zero-order valence-corrected chi connectivity index (χ0v) is 8.48. The molecule has 72 valence electrons. The maximum atomic E-state index is 11.4. The second-order valence-corrected chi connectivity index (χ2v) is 5.11. The van der Waals surface area contributed by atoms with E-state index in [1.54, 1.807) is 12.1 Å². The Balaban J connectivity index is 3.08. The first-order chi connectivity index (χ1) is 6.06. The topological polar surface area (TPSA) is 60.2 Å². The summed E-state index contributed by atoms with van der Waals surface area (Å²) in [5.41, 5.74) is 5.18. The van der Waals surface area contributed by atoms with E-state index in [2.05, 4.69) is 0 Å². The Morgan fingerprint density at radius 1 is 1.38 bits per heavy atom. The van der Waals surface area contributed by atoms with Crippen LogP contribution in [-0.4, -0.2) is 20.7 Å². The number of benzene rings is 1. The summed E-state index contributed by atoms with van der Waals surface area (Å²) in [5.74, 6) is -0.0483. The molecule has 0 atom stereocenters. The van der Waals surface area contributed by atoms with Gasteiger partial charge in [-0.05, 0) is 18.2 Å². The van der Waals surface area contributed by atoms with E-state index in [-0.39, 0.29) is 17.2 Å². The van der Waals surface area contributed by atoms with Crippen molar-refractivity contribution >= 4 is 21.4 Å². The molecule has 0 aliphatic heterocycles. The second kappa shape index (κ2) is 4.09. The van der Waals surface area contributed by atoms with E-state index in [0.29, 0.717) is 5.02 Å². The molecule has 0 saturated heterocycles. The summed E-state index contributed by atoms with van der Waals surface area (Å²) in [6.07, 6.45) is 0. The highest BCUT2D eigenvalue weighted by Crippen LogP contribution is 2.16. The molecule has 1 aromatic carbocycles. The van der Waals surface area contributed by atoms with Crippen LogP contribution in [0.25, 0.3) is 0 Å². The maximum absolute atomic E-state index is 11.4. The fraction of sp³-hybridized carbons (Fsp3) is 0.250. The molecule has 1 aromatic rings. The fourth-order valence-corrected chi connectivity index (χ4v) is 2.33. The van der Waals surface area contributed by atoms with Crippen LogP contribution in [0, 0.1) is 0 Å². The molecule has 5 heteroatoms. The van der Waals surface area contributed by atoms with E-state index in [1.165, 1.54) is 12.1 Å². The quantitative estimate of drug-likeness (QED) is 0.828. The van der Waals surface area contributed by atoms with Crippen LogP contribution in [0.5, 0.6) is 0 Å². The molecule has 0 bridgehead atoms. The summed E-state index contributed by atoms with van der Waals surface area (Å²) in [6, 6.07) is 6.16. The first-order valence-corrected chi connectivity index (χ1v) is 5.77. The number of hydrogen-bond donors (Lipinski definition) is 1. The summed E-state index contributed by atoms with van der Waals surface area (Å²) >= 11 is 5.66. The Hall–Kier alpha value is -0.580. The smallest absolute Gasteiger partial charge is 0.179 e. The van der Waals surface area contributed by atoms with Gasteiger partial charge in [-0.2, -0.15) is 0 Å². The molecule has 0 fully saturated rings. The first-order valence-electron chi connectivity index (χ1n) is 3.74. The highest BCUT2D eigenvalue weighted by atomic mass is 35.5. The van der Waals surface area contributed by atoms with Crippen molar-refractivity contribution in [2.45, 2.75) is 4.90 Å². The Morgan fingerprint density at radius 3 is 2.62 bits per heavy atom. The lowest BCUT2D eigenvalue weighted by molar-refractivity contribution is 0.596. The van der Waals surface area contributed by atoms with Crippen molar-refractivity contribution < 1.29 is 8.42 Å². The summed E-state index contributed by atoms with van der Waals surface area (Å²) in [6.45, 7) is 0.120. The van der Waals surface area contributed by atoms with Gasteiger partial charge >= 0.3 is 0 Å². The normalized spacial score (nSPS) is 11.5. The molecule has 1 rings (SSSR count). The molecule has 0 spiro atoms. The molecular weight excluding hydrogens is 210 g/mol. The van der Waals surface area contributed by atoms with Crippen LogP contribution >= 0.6 is 11.6 Å². The second-order valence-electron chi connectivity index (χ2n) is 2.56. The van der Waals surface area contributed by atoms with Crippen molar-refractivity contribution in [2.75, 3.05) is 12.3 Å². The Morgan fingerprint density at radius 2 is 2.08 bits per heavy atom. The number of sulfone groups is 1. The highest BCUT2D eigenvalue weighted by Gasteiger charge is 2.12. The molecule has 3 nitrogen and oxygen atoms in total. The molecule has 0 saturated carbocycles. The van der Waals surface area contributed by atoms with Gasteiger partial charge in [0, 0.05) is 11.6 Å². The number of halogens is 1. The van der Waals surface area contributed by atoms with Crippen molar-refractivity contribution in [3.05, 3.63) is 29.3 Å². The van der Waals surface area contributed by atoms with Crippen LogP contribution in [0.4, 0.5) is 0 Å².